The van der Waals surface area contributed by atoms with Crippen LogP contribution in [0.4, 0.5) is 10.1 Å². The van der Waals surface area contributed by atoms with E-state index >= 15 is 4.39 Å². The van der Waals surface area contributed by atoms with Crippen molar-refractivity contribution in [2.45, 2.75) is 25.2 Å². The van der Waals surface area contributed by atoms with Crippen molar-refractivity contribution in [3.8, 4) is 0 Å². The zero-order valence-electron chi connectivity index (χ0n) is 15.9. The van der Waals surface area contributed by atoms with E-state index in [1.807, 2.05) is 4.90 Å². The summed E-state index contributed by atoms with van der Waals surface area (Å²) in [6.45, 7) is 2.83. The van der Waals surface area contributed by atoms with Crippen LogP contribution in [-0.2, 0) is 0 Å². The first-order chi connectivity index (χ1) is 13.5. The average molecular weight is 426 g/mol. The minimum atomic E-state index is -1.32. The number of H-pyrrole nitrogens is 1. The van der Waals surface area contributed by atoms with Crippen LogP contribution in [0.15, 0.2) is 17.1 Å². The molecule has 0 bridgehead atoms. The third-order valence-corrected chi connectivity index (χ3v) is 5.68. The van der Waals surface area contributed by atoms with Crippen LogP contribution in [-0.4, -0.2) is 54.0 Å². The SMILES string of the molecule is Cl.O=C(O)c1c[nH]c2c(C3CC3)c(N3CCC(CNCCO)C3)c(F)cc2c1=O. The van der Waals surface area contributed by atoms with Crippen LogP contribution in [0.1, 0.15) is 41.1 Å². The zero-order chi connectivity index (χ0) is 19.8. The summed E-state index contributed by atoms with van der Waals surface area (Å²) in [7, 11) is 0. The molecule has 1 aliphatic carbocycles. The highest BCUT2D eigenvalue weighted by Gasteiger charge is 2.35. The van der Waals surface area contributed by atoms with Gasteiger partial charge in [-0.05, 0) is 43.7 Å². The second-order valence-corrected chi connectivity index (χ2v) is 7.68. The smallest absolute Gasteiger partial charge is 0.341 e. The molecule has 2 fully saturated rings. The summed E-state index contributed by atoms with van der Waals surface area (Å²) < 4.78 is 15.2. The van der Waals surface area contributed by atoms with Crippen LogP contribution in [0, 0.1) is 11.7 Å². The van der Waals surface area contributed by atoms with Gasteiger partial charge in [-0.15, -0.1) is 12.4 Å². The third-order valence-electron chi connectivity index (χ3n) is 5.68. The van der Waals surface area contributed by atoms with E-state index in [-0.39, 0.29) is 35.9 Å². The number of halogens is 2. The number of nitrogens with one attached hydrogen (secondary N) is 2. The molecule has 1 aromatic carbocycles. The predicted molar refractivity (Wildman–Crippen MR) is 111 cm³/mol. The number of carbonyl (C=O) groups is 1. The molecule has 1 atom stereocenters. The minimum absolute atomic E-state index is 0. The molecule has 0 amide bonds. The number of aromatic amines is 1. The first kappa shape index (κ1) is 21.5. The lowest BCUT2D eigenvalue weighted by molar-refractivity contribution is 0.0695. The van der Waals surface area contributed by atoms with Crippen molar-refractivity contribution in [1.82, 2.24) is 10.3 Å². The highest BCUT2D eigenvalue weighted by atomic mass is 35.5. The van der Waals surface area contributed by atoms with E-state index < -0.39 is 17.2 Å². The first-order valence-corrected chi connectivity index (χ1v) is 9.68. The Kier molecular flexibility index (Phi) is 6.45. The molecule has 1 saturated heterocycles. The molecule has 29 heavy (non-hydrogen) atoms. The van der Waals surface area contributed by atoms with Gasteiger partial charge in [-0.3, -0.25) is 4.79 Å². The number of fused-ring (bicyclic) bond motifs is 1. The molecule has 1 aliphatic heterocycles. The highest BCUT2D eigenvalue weighted by molar-refractivity contribution is 5.95. The van der Waals surface area contributed by atoms with E-state index in [1.54, 1.807) is 0 Å². The normalized spacial score (nSPS) is 18.8. The van der Waals surface area contributed by atoms with Gasteiger partial charge in [0.1, 0.15) is 11.4 Å². The predicted octanol–water partition coefficient (Wildman–Crippen LogP) is 2.07. The molecule has 0 radical (unpaired) electrons. The number of pyridine rings is 1. The monoisotopic (exact) mass is 425 g/mol. The summed E-state index contributed by atoms with van der Waals surface area (Å²) in [4.78, 5) is 28.8. The van der Waals surface area contributed by atoms with E-state index in [0.29, 0.717) is 30.2 Å². The maximum atomic E-state index is 15.2. The van der Waals surface area contributed by atoms with Gasteiger partial charge in [0.15, 0.2) is 0 Å². The highest BCUT2D eigenvalue weighted by Crippen LogP contribution is 2.48. The molecule has 1 aromatic heterocycles. The maximum absolute atomic E-state index is 15.2. The fourth-order valence-electron chi connectivity index (χ4n) is 4.19. The second kappa shape index (κ2) is 8.69. The van der Waals surface area contributed by atoms with E-state index in [2.05, 4.69) is 10.3 Å². The van der Waals surface area contributed by atoms with Crippen LogP contribution < -0.4 is 15.6 Å². The van der Waals surface area contributed by atoms with Gasteiger partial charge in [0.2, 0.25) is 5.43 Å². The fraction of sp³-hybridized carbons (Fsp3) is 0.500. The molecular weight excluding hydrogens is 401 g/mol. The van der Waals surface area contributed by atoms with Crippen molar-refractivity contribution in [1.29, 1.82) is 0 Å². The molecule has 1 saturated carbocycles. The molecule has 4 rings (SSSR count). The van der Waals surface area contributed by atoms with Gasteiger partial charge in [0, 0.05) is 36.8 Å². The first-order valence-electron chi connectivity index (χ1n) is 9.68. The summed E-state index contributed by atoms with van der Waals surface area (Å²) in [6.07, 6.45) is 4.01. The van der Waals surface area contributed by atoms with E-state index in [4.69, 9.17) is 5.11 Å². The molecule has 7 nitrogen and oxygen atoms in total. The van der Waals surface area contributed by atoms with Crippen molar-refractivity contribution in [3.05, 3.63) is 39.4 Å². The standard InChI is InChI=1S/C20H24FN3O4.ClH/c21-15-7-13-17(23-9-14(19(13)26)20(27)28)16(12-1-2-12)18(15)24-5-3-11(10-24)8-22-4-6-25;/h7,9,11-12,22,25H,1-6,8,10H2,(H,23,26)(H,27,28);1H. The largest absolute Gasteiger partial charge is 0.477 e. The van der Waals surface area contributed by atoms with Gasteiger partial charge in [0.25, 0.3) is 0 Å². The Morgan fingerprint density at radius 1 is 1.34 bits per heavy atom. The van der Waals surface area contributed by atoms with Crippen LogP contribution in [0.25, 0.3) is 10.9 Å². The van der Waals surface area contributed by atoms with E-state index in [1.165, 1.54) is 12.3 Å². The van der Waals surface area contributed by atoms with Gasteiger partial charge in [-0.25, -0.2) is 9.18 Å². The number of benzene rings is 1. The van der Waals surface area contributed by atoms with E-state index in [0.717, 1.165) is 37.9 Å². The van der Waals surface area contributed by atoms with Gasteiger partial charge >= 0.3 is 5.97 Å². The van der Waals surface area contributed by atoms with Crippen molar-refractivity contribution in [3.63, 3.8) is 0 Å². The summed E-state index contributed by atoms with van der Waals surface area (Å²) in [5.74, 6) is -1.24. The number of aliphatic hydroxyl groups is 1. The number of aliphatic hydroxyl groups excluding tert-OH is 1. The Morgan fingerprint density at radius 2 is 2.10 bits per heavy atom. The molecule has 0 spiro atoms. The van der Waals surface area contributed by atoms with Crippen molar-refractivity contribution < 1.29 is 19.4 Å². The summed E-state index contributed by atoms with van der Waals surface area (Å²) in [6, 6.07) is 1.18. The molecule has 4 N–H and O–H groups in total. The Bertz CT molecular complexity index is 976. The minimum Gasteiger partial charge on any atom is -0.477 e. The number of nitrogens with zero attached hydrogens (tertiary/aromatic N) is 1. The van der Waals surface area contributed by atoms with Crippen molar-refractivity contribution >= 4 is 35.0 Å². The Hall–Kier alpha value is -2.16. The molecule has 1 unspecified atom stereocenters. The number of hydrogen-bond donors (Lipinski definition) is 4. The van der Waals surface area contributed by atoms with Crippen LogP contribution >= 0.6 is 12.4 Å². The second-order valence-electron chi connectivity index (χ2n) is 7.68. The molecule has 2 aliphatic rings. The molecule has 2 heterocycles. The fourth-order valence-corrected chi connectivity index (χ4v) is 4.19. The number of aromatic nitrogens is 1. The van der Waals surface area contributed by atoms with Crippen LogP contribution in [0.2, 0.25) is 0 Å². The van der Waals surface area contributed by atoms with Crippen molar-refractivity contribution in [2.75, 3.05) is 37.7 Å². The lowest BCUT2D eigenvalue weighted by atomic mass is 10.0. The topological polar surface area (TPSA) is 106 Å². The van der Waals surface area contributed by atoms with Crippen LogP contribution in [0.5, 0.6) is 0 Å². The van der Waals surface area contributed by atoms with Gasteiger partial charge in [-0.2, -0.15) is 0 Å². The number of carboxylic acids is 1. The molecule has 2 aromatic rings. The van der Waals surface area contributed by atoms with Crippen LogP contribution in [0.3, 0.4) is 0 Å². The Balaban J connectivity index is 0.00000240. The number of anilines is 1. The van der Waals surface area contributed by atoms with Gasteiger partial charge < -0.3 is 25.4 Å². The van der Waals surface area contributed by atoms with Gasteiger partial charge in [0.05, 0.1) is 17.8 Å². The Morgan fingerprint density at radius 3 is 2.76 bits per heavy atom. The van der Waals surface area contributed by atoms with Crippen molar-refractivity contribution in [2.24, 2.45) is 5.92 Å². The number of hydrogen-bond acceptors (Lipinski definition) is 5. The quantitative estimate of drug-likeness (QED) is 0.506. The number of aromatic carboxylic acids is 1. The lowest BCUT2D eigenvalue weighted by Gasteiger charge is -2.24. The van der Waals surface area contributed by atoms with E-state index in [9.17, 15) is 14.7 Å². The number of rotatable bonds is 7. The lowest BCUT2D eigenvalue weighted by Crippen LogP contribution is -2.29. The number of carboxylic acid groups (broad SMARTS) is 1. The molecular formula is C20H25ClFN3O4. The summed E-state index contributed by atoms with van der Waals surface area (Å²) >= 11 is 0. The van der Waals surface area contributed by atoms with Gasteiger partial charge in [-0.1, -0.05) is 0 Å². The zero-order valence-corrected chi connectivity index (χ0v) is 16.7. The maximum Gasteiger partial charge on any atom is 0.341 e. The Labute approximate surface area is 173 Å². The summed E-state index contributed by atoms with van der Waals surface area (Å²) in [5, 5.41) is 21.4. The molecule has 158 valence electrons. The average Bonchev–Trinajstić information content (AvgIpc) is 3.40. The third kappa shape index (κ3) is 4.10. The molecule has 9 heteroatoms. The summed E-state index contributed by atoms with van der Waals surface area (Å²) in [5.41, 5.74) is 0.862.